The van der Waals surface area contributed by atoms with Gasteiger partial charge in [0.15, 0.2) is 5.78 Å². The first kappa shape index (κ1) is 19.4. The monoisotopic (exact) mass is 404 g/mol. The predicted octanol–water partition coefficient (Wildman–Crippen LogP) is 5.40. The Morgan fingerprint density at radius 3 is 2.48 bits per heavy atom. The van der Waals surface area contributed by atoms with Crippen LogP contribution in [0.1, 0.15) is 55.1 Å². The van der Waals surface area contributed by atoms with Crippen LogP contribution in [0.5, 0.6) is 0 Å². The first-order valence-electron chi connectivity index (χ1n) is 8.53. The highest BCUT2D eigenvalue weighted by Gasteiger charge is 2.12. The Kier molecular flexibility index (Phi) is 6.53. The van der Waals surface area contributed by atoms with E-state index in [1.54, 1.807) is 13.1 Å². The Balaban J connectivity index is 2.30. The number of carbonyl (C=O) groups is 1. The third-order valence-electron chi connectivity index (χ3n) is 4.19. The van der Waals surface area contributed by atoms with E-state index in [-0.39, 0.29) is 5.78 Å². The van der Waals surface area contributed by atoms with Crippen LogP contribution >= 0.6 is 15.9 Å². The number of aryl methyl sites for hydroxylation is 2. The van der Waals surface area contributed by atoms with Crippen LogP contribution in [0.4, 0.5) is 17.5 Å². The fourth-order valence-corrected chi connectivity index (χ4v) is 3.07. The zero-order valence-corrected chi connectivity index (χ0v) is 17.0. The summed E-state index contributed by atoms with van der Waals surface area (Å²) in [5.41, 5.74) is 3.43. The second-order valence-electron chi connectivity index (χ2n) is 6.22. The highest BCUT2D eigenvalue weighted by molar-refractivity contribution is 9.10. The van der Waals surface area contributed by atoms with Crippen LogP contribution in [0.2, 0.25) is 0 Å². The number of nitrogens with zero attached hydrogens (tertiary/aromatic N) is 2. The Morgan fingerprint density at radius 2 is 1.88 bits per heavy atom. The van der Waals surface area contributed by atoms with Crippen molar-refractivity contribution in [3.63, 3.8) is 0 Å². The van der Waals surface area contributed by atoms with Crippen molar-refractivity contribution < 1.29 is 4.79 Å². The number of hydrogen-bond donors (Lipinski definition) is 2. The van der Waals surface area contributed by atoms with Gasteiger partial charge in [-0.1, -0.05) is 13.8 Å². The van der Waals surface area contributed by atoms with Gasteiger partial charge in [0.2, 0.25) is 5.95 Å². The zero-order valence-electron chi connectivity index (χ0n) is 15.4. The molecule has 2 rings (SSSR count). The summed E-state index contributed by atoms with van der Waals surface area (Å²) < 4.78 is 0.825. The van der Waals surface area contributed by atoms with E-state index >= 15 is 0 Å². The number of benzene rings is 1. The Labute approximate surface area is 157 Å². The number of halogens is 1. The highest BCUT2D eigenvalue weighted by Crippen LogP contribution is 2.28. The van der Waals surface area contributed by atoms with E-state index in [9.17, 15) is 4.79 Å². The van der Waals surface area contributed by atoms with Gasteiger partial charge in [0.1, 0.15) is 5.82 Å². The minimum Gasteiger partial charge on any atom is -0.367 e. The van der Waals surface area contributed by atoms with Crippen molar-refractivity contribution in [1.29, 1.82) is 0 Å². The fourth-order valence-electron chi connectivity index (χ4n) is 2.56. The van der Waals surface area contributed by atoms with Gasteiger partial charge in [-0.15, -0.1) is 0 Å². The number of rotatable bonds is 7. The molecular formula is C19H25BrN4O. The maximum atomic E-state index is 11.8. The summed E-state index contributed by atoms with van der Waals surface area (Å²) in [6.45, 7) is 9.82. The molecule has 0 aliphatic heterocycles. The average Bonchev–Trinajstić information content (AvgIpc) is 2.58. The van der Waals surface area contributed by atoms with E-state index in [0.717, 1.165) is 39.9 Å². The molecule has 0 unspecified atom stereocenters. The molecule has 0 saturated carbocycles. The molecule has 0 bridgehead atoms. The maximum Gasteiger partial charge on any atom is 0.229 e. The summed E-state index contributed by atoms with van der Waals surface area (Å²) in [4.78, 5) is 20.8. The molecule has 0 saturated heterocycles. The molecular weight excluding hydrogens is 380 g/mol. The lowest BCUT2D eigenvalue weighted by Crippen LogP contribution is -2.19. The second-order valence-corrected chi connectivity index (χ2v) is 7.01. The van der Waals surface area contributed by atoms with E-state index in [1.807, 2.05) is 26.0 Å². The van der Waals surface area contributed by atoms with Gasteiger partial charge in [0.25, 0.3) is 0 Å². The Hall–Kier alpha value is -1.95. The van der Waals surface area contributed by atoms with Crippen molar-refractivity contribution in [2.24, 2.45) is 0 Å². The van der Waals surface area contributed by atoms with Crippen LogP contribution in [-0.2, 0) is 0 Å². The summed E-state index contributed by atoms with van der Waals surface area (Å²) >= 11 is 3.47. The van der Waals surface area contributed by atoms with E-state index in [1.165, 1.54) is 0 Å². The first-order chi connectivity index (χ1) is 11.8. The molecule has 0 spiro atoms. The summed E-state index contributed by atoms with van der Waals surface area (Å²) in [7, 11) is 0. The van der Waals surface area contributed by atoms with Crippen molar-refractivity contribution >= 4 is 39.2 Å². The summed E-state index contributed by atoms with van der Waals surface area (Å²) in [5, 5.41) is 6.68. The molecule has 6 heteroatoms. The van der Waals surface area contributed by atoms with Crippen LogP contribution in [0.3, 0.4) is 0 Å². The second kappa shape index (κ2) is 8.43. The normalized spacial score (nSPS) is 10.8. The van der Waals surface area contributed by atoms with Crippen molar-refractivity contribution in [2.75, 3.05) is 10.6 Å². The number of nitrogens with one attached hydrogen (secondary N) is 2. The van der Waals surface area contributed by atoms with Crippen molar-refractivity contribution in [3.8, 4) is 0 Å². The minimum absolute atomic E-state index is 0.0135. The number of aromatic nitrogens is 2. The average molecular weight is 405 g/mol. The standard InChI is InChI=1S/C19H25BrN4O/c1-6-14(7-2)22-18-12(4)10-21-19(24-18)23-15-8-11(3)17(20)16(9-15)13(5)25/h8-10,14H,6-7H2,1-5H3,(H2,21,22,23,24). The quantitative estimate of drug-likeness (QED) is 0.604. The largest absolute Gasteiger partial charge is 0.367 e. The molecule has 0 atom stereocenters. The molecule has 0 fully saturated rings. The SMILES string of the molecule is CCC(CC)Nc1nc(Nc2cc(C)c(Br)c(C(C)=O)c2)ncc1C. The van der Waals surface area contributed by atoms with E-state index in [0.29, 0.717) is 17.6 Å². The number of hydrogen-bond acceptors (Lipinski definition) is 5. The van der Waals surface area contributed by atoms with Gasteiger partial charge in [-0.2, -0.15) is 4.98 Å². The molecule has 2 N–H and O–H groups in total. The third kappa shape index (κ3) is 4.78. The number of Topliss-reactive ketones (excluding diaryl/α,β-unsaturated/α-hetero) is 1. The number of anilines is 3. The van der Waals surface area contributed by atoms with E-state index < -0.39 is 0 Å². The Bertz CT molecular complexity index is 772. The lowest BCUT2D eigenvalue weighted by atomic mass is 10.1. The van der Waals surface area contributed by atoms with Gasteiger partial charge in [-0.25, -0.2) is 4.98 Å². The molecule has 25 heavy (non-hydrogen) atoms. The molecule has 0 radical (unpaired) electrons. The molecule has 0 aliphatic carbocycles. The van der Waals surface area contributed by atoms with Crippen LogP contribution in [0.25, 0.3) is 0 Å². The molecule has 1 aromatic carbocycles. The summed E-state index contributed by atoms with van der Waals surface area (Å²) in [6, 6.07) is 4.17. The minimum atomic E-state index is 0.0135. The zero-order chi connectivity index (χ0) is 18.6. The molecule has 0 aliphatic rings. The number of ketones is 1. The van der Waals surface area contributed by atoms with Crippen molar-refractivity contribution in [1.82, 2.24) is 9.97 Å². The molecule has 2 aromatic rings. The van der Waals surface area contributed by atoms with Crippen LogP contribution in [-0.4, -0.2) is 21.8 Å². The predicted molar refractivity (Wildman–Crippen MR) is 107 cm³/mol. The topological polar surface area (TPSA) is 66.9 Å². The van der Waals surface area contributed by atoms with E-state index in [4.69, 9.17) is 0 Å². The third-order valence-corrected chi connectivity index (χ3v) is 5.24. The summed E-state index contributed by atoms with van der Waals surface area (Å²) in [5.74, 6) is 1.36. The van der Waals surface area contributed by atoms with E-state index in [2.05, 4.69) is 50.4 Å². The van der Waals surface area contributed by atoms with Crippen LogP contribution < -0.4 is 10.6 Å². The Morgan fingerprint density at radius 1 is 1.20 bits per heavy atom. The van der Waals surface area contributed by atoms with Crippen molar-refractivity contribution in [3.05, 3.63) is 39.5 Å². The van der Waals surface area contributed by atoms with Gasteiger partial charge in [-0.3, -0.25) is 4.79 Å². The van der Waals surface area contributed by atoms with Gasteiger partial charge >= 0.3 is 0 Å². The fraction of sp³-hybridized carbons (Fsp3) is 0.421. The van der Waals surface area contributed by atoms with Gasteiger partial charge in [0, 0.05) is 33.5 Å². The molecule has 134 valence electrons. The maximum absolute atomic E-state index is 11.8. The first-order valence-corrected chi connectivity index (χ1v) is 9.33. The van der Waals surface area contributed by atoms with Gasteiger partial charge < -0.3 is 10.6 Å². The van der Waals surface area contributed by atoms with Gasteiger partial charge in [0.05, 0.1) is 0 Å². The summed E-state index contributed by atoms with van der Waals surface area (Å²) in [6.07, 6.45) is 3.88. The van der Waals surface area contributed by atoms with Crippen LogP contribution in [0, 0.1) is 13.8 Å². The van der Waals surface area contributed by atoms with Crippen LogP contribution in [0.15, 0.2) is 22.8 Å². The lowest BCUT2D eigenvalue weighted by molar-refractivity contribution is 0.101. The smallest absolute Gasteiger partial charge is 0.229 e. The molecule has 1 aromatic heterocycles. The van der Waals surface area contributed by atoms with Crippen molar-refractivity contribution in [2.45, 2.75) is 53.5 Å². The molecule has 5 nitrogen and oxygen atoms in total. The van der Waals surface area contributed by atoms with Gasteiger partial charge in [-0.05, 0) is 67.2 Å². The molecule has 1 heterocycles. The number of carbonyl (C=O) groups excluding carboxylic acids is 1. The lowest BCUT2D eigenvalue weighted by Gasteiger charge is -2.18. The molecule has 0 amide bonds. The highest BCUT2D eigenvalue weighted by atomic mass is 79.9.